The molecule has 2 N–H and O–H groups in total. The molecule has 5 rings (SSSR count). The maximum absolute atomic E-state index is 10.6. The highest BCUT2D eigenvalue weighted by molar-refractivity contribution is 5.62. The second-order valence-electron chi connectivity index (χ2n) is 6.56. The van der Waals surface area contributed by atoms with Gasteiger partial charge < -0.3 is 14.9 Å². The van der Waals surface area contributed by atoms with E-state index in [1.807, 2.05) is 12.1 Å². The van der Waals surface area contributed by atoms with Gasteiger partial charge in [-0.1, -0.05) is 24.3 Å². The van der Waals surface area contributed by atoms with Crippen LogP contribution in [-0.4, -0.2) is 46.4 Å². The van der Waals surface area contributed by atoms with E-state index in [1.54, 1.807) is 12.1 Å². The van der Waals surface area contributed by atoms with Crippen molar-refractivity contribution in [2.75, 3.05) is 13.0 Å². The lowest BCUT2D eigenvalue weighted by Gasteiger charge is -2.43. The molecule has 1 aromatic rings. The monoisotopic (exact) mass is 302 g/mol. The van der Waals surface area contributed by atoms with Crippen LogP contribution in [0.2, 0.25) is 0 Å². The average molecular weight is 302 g/mol. The average Bonchev–Trinajstić information content (AvgIpc) is 3.09. The minimum absolute atomic E-state index is 0.00376. The van der Waals surface area contributed by atoms with Gasteiger partial charge in [0.2, 0.25) is 0 Å². The van der Waals surface area contributed by atoms with Crippen molar-refractivity contribution in [2.45, 2.75) is 30.1 Å². The highest BCUT2D eigenvalue weighted by Gasteiger charge is 2.67. The van der Waals surface area contributed by atoms with Crippen LogP contribution in [0.1, 0.15) is 18.0 Å². The molecule has 0 unspecified atom stereocenters. The maximum Gasteiger partial charge on any atom is 0.165 e. The highest BCUT2D eigenvalue weighted by Crippen LogP contribution is 2.62. The number of aliphatic hydroxyl groups excluding tert-OH is 1. The van der Waals surface area contributed by atoms with Crippen LogP contribution in [0.25, 0.3) is 0 Å². The Bertz CT molecular complexity index is 913. The quantitative estimate of drug-likeness (QED) is 0.810. The van der Waals surface area contributed by atoms with E-state index < -0.39 is 36.7 Å². The van der Waals surface area contributed by atoms with Gasteiger partial charge in [-0.15, -0.1) is 6.53 Å². The summed E-state index contributed by atoms with van der Waals surface area (Å²) < 4.78 is 45.7. The number of hydrogen-bond acceptors (Lipinski definition) is 4. The molecule has 4 heteroatoms. The number of phenolic OH excluding ortho intramolecular Hbond substituents is 1. The molecule has 1 spiro atoms. The number of aromatic hydroxyl groups is 1. The van der Waals surface area contributed by atoms with Gasteiger partial charge in [0.05, 0.1) is 9.53 Å². The summed E-state index contributed by atoms with van der Waals surface area (Å²) in [6.07, 6.45) is 2.51. The Morgan fingerprint density at radius 1 is 1.59 bits per heavy atom. The number of aliphatic hydroxyl groups is 1. The second kappa shape index (κ2) is 3.94. The Morgan fingerprint density at radius 3 is 3.36 bits per heavy atom. The minimum Gasteiger partial charge on any atom is -0.504 e. The van der Waals surface area contributed by atoms with E-state index in [4.69, 9.17) is 11.6 Å². The lowest BCUT2D eigenvalue weighted by Crippen LogP contribution is -2.54. The summed E-state index contributed by atoms with van der Waals surface area (Å²) in [6, 6.07) is 2.39. The second-order valence-corrected chi connectivity index (χ2v) is 6.56. The van der Waals surface area contributed by atoms with Crippen molar-refractivity contribution in [1.29, 1.82) is 0 Å². The number of nitrogens with zero attached hydrogens (tertiary/aromatic N) is 1. The zero-order chi connectivity index (χ0) is 19.3. The predicted molar refractivity (Wildman–Crippen MR) is 82.1 cm³/mol. The first-order valence-electron chi connectivity index (χ1n) is 9.99. The molecule has 2 bridgehead atoms. The molecule has 22 heavy (non-hydrogen) atoms. The topological polar surface area (TPSA) is 52.9 Å². The Hall–Kier alpha value is -1.78. The number of ether oxygens (including phenoxy) is 1. The number of rotatable bonds is 2. The van der Waals surface area contributed by atoms with Crippen LogP contribution >= 0.6 is 0 Å². The summed E-state index contributed by atoms with van der Waals surface area (Å²) >= 11 is 0. The van der Waals surface area contributed by atoms with Gasteiger partial charge in [0.25, 0.3) is 0 Å². The summed E-state index contributed by atoms with van der Waals surface area (Å²) in [6.45, 7) is -2.96. The zero-order valence-corrected chi connectivity index (χ0v) is 11.8. The third-order valence-corrected chi connectivity index (χ3v) is 5.74. The van der Waals surface area contributed by atoms with Crippen LogP contribution in [0.15, 0.2) is 36.9 Å². The summed E-state index contributed by atoms with van der Waals surface area (Å²) in [7, 11) is 0. The molecule has 0 aromatic heterocycles. The van der Waals surface area contributed by atoms with Crippen LogP contribution < -0.4 is 4.74 Å². The molecular formula is C18H19NO3. The van der Waals surface area contributed by atoms with Gasteiger partial charge in [-0.2, -0.15) is 0 Å². The molecule has 114 valence electrons. The molecule has 0 saturated carbocycles. The van der Waals surface area contributed by atoms with Gasteiger partial charge in [-0.05, 0) is 18.1 Å². The first-order chi connectivity index (χ1) is 12.7. The molecular weight excluding hydrogens is 278 g/mol. The first kappa shape index (κ1) is 8.75. The van der Waals surface area contributed by atoms with Gasteiger partial charge >= 0.3 is 0 Å². The molecule has 2 aliphatic carbocycles. The lowest BCUT2D eigenvalue weighted by atomic mass is 9.59. The summed E-state index contributed by atoms with van der Waals surface area (Å²) in [5.74, 6) is 0.211. The highest BCUT2D eigenvalue weighted by atomic mass is 16.5. The molecule has 2 heterocycles. The van der Waals surface area contributed by atoms with E-state index >= 15 is 0 Å². The molecule has 1 aromatic carbocycles. The van der Waals surface area contributed by atoms with Gasteiger partial charge in [-0.25, -0.2) is 0 Å². The van der Waals surface area contributed by atoms with Crippen molar-refractivity contribution < 1.29 is 21.8 Å². The van der Waals surface area contributed by atoms with Crippen molar-refractivity contribution in [3.05, 3.63) is 48.0 Å². The Balaban J connectivity index is 1.73. The van der Waals surface area contributed by atoms with E-state index in [0.717, 1.165) is 11.1 Å². The molecule has 5 atom stereocenters. The van der Waals surface area contributed by atoms with Crippen molar-refractivity contribution in [3.8, 4) is 11.5 Å². The van der Waals surface area contributed by atoms with Crippen molar-refractivity contribution in [2.24, 2.45) is 5.92 Å². The van der Waals surface area contributed by atoms with Gasteiger partial charge in [0, 0.05) is 33.3 Å². The largest absolute Gasteiger partial charge is 0.504 e. The van der Waals surface area contributed by atoms with E-state index in [2.05, 4.69) is 0 Å². The minimum atomic E-state index is -2.29. The first-order valence-corrected chi connectivity index (χ1v) is 7.49. The van der Waals surface area contributed by atoms with Crippen LogP contribution in [0.3, 0.4) is 0 Å². The number of likely N-dealkylation sites (tertiary alicyclic amines) is 1. The summed E-state index contributed by atoms with van der Waals surface area (Å²) in [5, 5.41) is 20.9. The normalized spacial score (nSPS) is 44.1. The van der Waals surface area contributed by atoms with Crippen LogP contribution in [0, 0.1) is 5.92 Å². The summed E-state index contributed by atoms with van der Waals surface area (Å²) in [5.41, 5.74) is 1.04. The molecule has 1 fully saturated rings. The third kappa shape index (κ3) is 1.23. The van der Waals surface area contributed by atoms with Crippen LogP contribution in [0.5, 0.6) is 11.5 Å². The smallest absolute Gasteiger partial charge is 0.165 e. The van der Waals surface area contributed by atoms with Gasteiger partial charge in [0.1, 0.15) is 12.2 Å². The molecule has 2 aliphatic heterocycles. The van der Waals surface area contributed by atoms with Crippen molar-refractivity contribution >= 4 is 0 Å². The molecule has 0 amide bonds. The third-order valence-electron chi connectivity index (χ3n) is 5.74. The predicted octanol–water partition coefficient (Wildman–Crippen LogP) is 1.36. The van der Waals surface area contributed by atoms with Crippen LogP contribution in [0.4, 0.5) is 0 Å². The number of phenols is 1. The summed E-state index contributed by atoms with van der Waals surface area (Å²) in [4.78, 5) is 1.54. The molecule has 4 nitrogen and oxygen atoms in total. The van der Waals surface area contributed by atoms with E-state index in [0.29, 0.717) is 12.2 Å². The van der Waals surface area contributed by atoms with E-state index in [1.165, 1.54) is 4.90 Å². The fourth-order valence-corrected chi connectivity index (χ4v) is 5.02. The van der Waals surface area contributed by atoms with E-state index in [-0.39, 0.29) is 24.3 Å². The fraction of sp³-hybridized carbons (Fsp3) is 0.444. The maximum atomic E-state index is 10.6. The Labute approximate surface area is 136 Å². The lowest BCUT2D eigenvalue weighted by molar-refractivity contribution is 0.0159. The van der Waals surface area contributed by atoms with Gasteiger partial charge in [0.15, 0.2) is 11.5 Å². The molecule has 0 radical (unpaired) electrons. The molecule has 4 aliphatic rings. The number of hydrogen-bond donors (Lipinski definition) is 2. The Kier molecular flexibility index (Phi) is 1.57. The van der Waals surface area contributed by atoms with Crippen LogP contribution in [-0.2, 0) is 11.8 Å². The van der Waals surface area contributed by atoms with Crippen molar-refractivity contribution in [3.63, 3.8) is 0 Å². The fourth-order valence-electron chi connectivity index (χ4n) is 5.02. The molecule has 1 saturated heterocycles. The number of benzene rings is 1. The van der Waals surface area contributed by atoms with Gasteiger partial charge in [-0.3, -0.25) is 4.90 Å². The zero-order valence-electron chi connectivity index (χ0n) is 16.8. The van der Waals surface area contributed by atoms with Crippen molar-refractivity contribution in [1.82, 2.24) is 4.90 Å². The Morgan fingerprint density at radius 2 is 2.50 bits per heavy atom. The van der Waals surface area contributed by atoms with E-state index in [9.17, 15) is 10.2 Å². The standard InChI is InChI=1S/C18H19NO3/c1-2-7-19-9-18-11-4-6-14(21)17(18)22-16-13(20)5-3-10(15(16)18)8-12(11)19/h2-6,11-12,14,17,20-21H,1,7-9H2/t11-,12+,14-,17-,18-/m0/s1/i1D2,2D,7D2. The SMILES string of the molecule is [2H]C([2H])=C([2H])C([2H])([2H])N1C[C@]23c4c5ccc(O)c4O[C@H]2[C@@H](O)C=C[C@H]3[C@H]1C5.